The molecule has 12 heteroatoms. The third kappa shape index (κ3) is 14.8. The van der Waals surface area contributed by atoms with Crippen molar-refractivity contribution in [2.45, 2.75) is 63.9 Å². The predicted molar refractivity (Wildman–Crippen MR) is 155 cm³/mol. The van der Waals surface area contributed by atoms with E-state index in [1.54, 1.807) is 45.0 Å². The Morgan fingerprint density at radius 2 is 1.35 bits per heavy atom. The van der Waals surface area contributed by atoms with Gasteiger partial charge in [0.15, 0.2) is 10.3 Å². The van der Waals surface area contributed by atoms with E-state index in [0.29, 0.717) is 12.1 Å². The van der Waals surface area contributed by atoms with Crippen molar-refractivity contribution in [2.24, 2.45) is 0 Å². The van der Waals surface area contributed by atoms with Gasteiger partial charge in [0.25, 0.3) is 0 Å². The molecule has 7 nitrogen and oxygen atoms in total. The summed E-state index contributed by atoms with van der Waals surface area (Å²) in [7, 11) is 5.61. The van der Waals surface area contributed by atoms with Crippen molar-refractivity contribution in [1.29, 1.82) is 0 Å². The fourth-order valence-corrected chi connectivity index (χ4v) is 3.23. The van der Waals surface area contributed by atoms with Gasteiger partial charge in [-0.25, -0.2) is 19.9 Å². The number of hydrogen-bond acceptors (Lipinski definition) is 9. The van der Waals surface area contributed by atoms with Crippen LogP contribution in [-0.4, -0.2) is 56.7 Å². The lowest BCUT2D eigenvalue weighted by atomic mass is 10.3. The molecule has 178 valence electrons. The third-order valence-electron chi connectivity index (χ3n) is 3.06. The summed E-state index contributed by atoms with van der Waals surface area (Å²) in [6.07, 6.45) is 3.97. The SMILES string of the molecule is CO.CSc1nc(C)c(I)c(NC(C)C)n1.CSc1nc(C)cc(NC(C)C)n1.ClI. The number of aliphatic hydroxyl groups excluding tert-OH is 1. The van der Waals surface area contributed by atoms with Crippen LogP contribution in [0.5, 0.6) is 0 Å². The molecule has 0 aliphatic heterocycles. The molecule has 0 atom stereocenters. The summed E-state index contributed by atoms with van der Waals surface area (Å²) in [6.45, 7) is 12.4. The molecule has 0 saturated heterocycles. The van der Waals surface area contributed by atoms with Gasteiger partial charge >= 0.3 is 0 Å². The molecular formula is C19H33ClI2N6OS2. The third-order valence-corrected chi connectivity index (χ3v) is 5.44. The zero-order chi connectivity index (χ0) is 24.6. The molecular weight excluding hydrogens is 682 g/mol. The average molecular weight is 715 g/mol. The van der Waals surface area contributed by atoms with Gasteiger partial charge in [-0.2, -0.15) is 0 Å². The van der Waals surface area contributed by atoms with Crippen molar-refractivity contribution in [3.63, 3.8) is 0 Å². The Morgan fingerprint density at radius 1 is 0.871 bits per heavy atom. The van der Waals surface area contributed by atoms with Gasteiger partial charge in [0.2, 0.25) is 0 Å². The maximum atomic E-state index is 7.00. The molecule has 0 bridgehead atoms. The number of aromatic nitrogens is 4. The van der Waals surface area contributed by atoms with Crippen molar-refractivity contribution in [1.82, 2.24) is 19.9 Å². The quantitative estimate of drug-likeness (QED) is 0.178. The van der Waals surface area contributed by atoms with E-state index in [9.17, 15) is 0 Å². The topological polar surface area (TPSA) is 95.9 Å². The van der Waals surface area contributed by atoms with Crippen LogP contribution in [0.15, 0.2) is 16.4 Å². The second-order valence-corrected chi connectivity index (χ2v) is 9.06. The summed E-state index contributed by atoms with van der Waals surface area (Å²) >= 11 is 7.03. The number of thioether (sulfide) groups is 2. The summed E-state index contributed by atoms with van der Waals surface area (Å²) < 4.78 is 1.11. The number of nitrogens with one attached hydrogen (secondary N) is 2. The Labute approximate surface area is 226 Å². The molecule has 0 aromatic carbocycles. The van der Waals surface area contributed by atoms with Crippen molar-refractivity contribution < 1.29 is 5.11 Å². The molecule has 0 aliphatic rings. The smallest absolute Gasteiger partial charge is 0.189 e. The monoisotopic (exact) mass is 714 g/mol. The zero-order valence-electron chi connectivity index (χ0n) is 19.4. The zero-order valence-corrected chi connectivity index (χ0v) is 26.1. The molecule has 0 amide bonds. The predicted octanol–water partition coefficient (Wildman–Crippen LogP) is 6.44. The Kier molecular flexibility index (Phi) is 21.1. The van der Waals surface area contributed by atoms with Crippen molar-refractivity contribution >= 4 is 88.1 Å². The molecule has 0 radical (unpaired) electrons. The second kappa shape index (κ2) is 19.6. The first-order valence-corrected chi connectivity index (χ1v) is 15.5. The molecule has 0 unspecified atom stereocenters. The largest absolute Gasteiger partial charge is 0.400 e. The van der Waals surface area contributed by atoms with Crippen LogP contribution < -0.4 is 10.6 Å². The normalized spacial score (nSPS) is 9.65. The number of rotatable bonds is 6. The number of aryl methyl sites for hydroxylation is 2. The molecule has 2 aromatic heterocycles. The van der Waals surface area contributed by atoms with Crippen LogP contribution in [0, 0.1) is 17.4 Å². The van der Waals surface area contributed by atoms with E-state index in [4.69, 9.17) is 5.11 Å². The minimum absolute atomic E-state index is 0.396. The van der Waals surface area contributed by atoms with E-state index in [2.05, 4.69) is 89.8 Å². The Bertz CT molecular complexity index is 758. The fraction of sp³-hybridized carbons (Fsp3) is 0.579. The molecule has 0 spiro atoms. The van der Waals surface area contributed by atoms with Gasteiger partial charge in [-0.15, -0.1) is 0 Å². The van der Waals surface area contributed by atoms with E-state index in [1.165, 1.54) is 0 Å². The van der Waals surface area contributed by atoms with Gasteiger partial charge in [-0.05, 0) is 85.6 Å². The van der Waals surface area contributed by atoms with Gasteiger partial charge in [0.1, 0.15) is 11.6 Å². The molecule has 3 N–H and O–H groups in total. The van der Waals surface area contributed by atoms with Gasteiger partial charge in [-0.3, -0.25) is 0 Å². The van der Waals surface area contributed by atoms with Crippen molar-refractivity contribution in [3.8, 4) is 0 Å². The highest BCUT2D eigenvalue weighted by Crippen LogP contribution is 2.22. The summed E-state index contributed by atoms with van der Waals surface area (Å²) in [5.74, 6) is 1.85. The van der Waals surface area contributed by atoms with E-state index in [0.717, 1.165) is 44.0 Å². The fourth-order valence-electron chi connectivity index (χ4n) is 2.00. The summed E-state index contributed by atoms with van der Waals surface area (Å²) in [4.78, 5) is 17.4. The lowest BCUT2D eigenvalue weighted by Gasteiger charge is -2.12. The number of anilines is 2. The van der Waals surface area contributed by atoms with E-state index in [-0.39, 0.29) is 0 Å². The second-order valence-electron chi connectivity index (χ2n) is 6.44. The minimum atomic E-state index is 0.396. The number of aliphatic hydroxyl groups is 1. The van der Waals surface area contributed by atoms with Crippen LogP contribution in [0.25, 0.3) is 0 Å². The lowest BCUT2D eigenvalue weighted by Crippen LogP contribution is -2.13. The molecule has 0 fully saturated rings. The molecule has 2 aromatic rings. The van der Waals surface area contributed by atoms with Gasteiger partial charge in [0.05, 0.1) is 9.26 Å². The molecule has 2 rings (SSSR count). The van der Waals surface area contributed by atoms with Crippen LogP contribution in [-0.2, 0) is 0 Å². The first-order valence-electron chi connectivity index (χ1n) is 9.26. The van der Waals surface area contributed by atoms with Crippen molar-refractivity contribution in [3.05, 3.63) is 21.0 Å². The van der Waals surface area contributed by atoms with Crippen LogP contribution in [0.4, 0.5) is 11.6 Å². The number of nitrogens with zero attached hydrogens (tertiary/aromatic N) is 4. The summed E-state index contributed by atoms with van der Waals surface area (Å²) in [5.41, 5.74) is 2.04. The Balaban J connectivity index is 0. The van der Waals surface area contributed by atoms with Crippen LogP contribution in [0.3, 0.4) is 0 Å². The number of hydrogen-bond donors (Lipinski definition) is 3. The maximum absolute atomic E-state index is 7.00. The molecule has 2 heterocycles. The minimum Gasteiger partial charge on any atom is -0.400 e. The first kappa shape index (κ1) is 33.3. The van der Waals surface area contributed by atoms with E-state index < -0.39 is 0 Å². The van der Waals surface area contributed by atoms with Crippen molar-refractivity contribution in [2.75, 3.05) is 30.3 Å². The number of halogens is 3. The average Bonchev–Trinajstić information content (AvgIpc) is 2.73. The molecule has 0 aliphatic carbocycles. The van der Waals surface area contributed by atoms with E-state index in [1.807, 2.05) is 32.4 Å². The molecule has 0 saturated carbocycles. The van der Waals surface area contributed by atoms with Crippen LogP contribution in [0.2, 0.25) is 0 Å². The Morgan fingerprint density at radius 3 is 1.81 bits per heavy atom. The van der Waals surface area contributed by atoms with Gasteiger partial charge in [0, 0.05) is 52.4 Å². The maximum Gasteiger partial charge on any atom is 0.189 e. The molecule has 31 heavy (non-hydrogen) atoms. The first-order chi connectivity index (χ1) is 14.7. The highest BCUT2D eigenvalue weighted by Gasteiger charge is 2.09. The Hall–Kier alpha value is 0.170. The van der Waals surface area contributed by atoms with Crippen LogP contribution >= 0.6 is 76.5 Å². The highest BCUT2D eigenvalue weighted by atomic mass is 127. The van der Waals surface area contributed by atoms with E-state index >= 15 is 0 Å². The summed E-state index contributed by atoms with van der Waals surface area (Å²) in [5, 5.41) is 15.2. The van der Waals surface area contributed by atoms with Gasteiger partial charge in [-0.1, -0.05) is 23.5 Å². The summed E-state index contributed by atoms with van der Waals surface area (Å²) in [6, 6.07) is 2.76. The standard InChI is InChI=1S/C9H14IN3S.C9H15N3S.CH4O.ClI/c1-5(2)11-8-7(10)6(3)12-9(13-8)14-4;1-6(2)10-8-5-7(3)11-9(12-8)13-4;2*1-2/h5H,1-4H3,(H,11,12,13);5-6H,1-4H3,(H,10,11,12);2H,1H3;. The van der Waals surface area contributed by atoms with Crippen LogP contribution in [0.1, 0.15) is 39.1 Å². The highest BCUT2D eigenvalue weighted by molar-refractivity contribution is 14.1. The lowest BCUT2D eigenvalue weighted by molar-refractivity contribution is 0.399. The van der Waals surface area contributed by atoms with Gasteiger partial charge < -0.3 is 15.7 Å².